The highest BCUT2D eigenvalue weighted by atomic mass is 28.4. The van der Waals surface area contributed by atoms with Crippen molar-refractivity contribution < 1.29 is 23.5 Å². The maximum Gasteiger partial charge on any atom is 0.268 e. The number of aliphatic hydroxyl groups excluding tert-OH is 1. The second-order valence-corrected chi connectivity index (χ2v) is 15.8. The van der Waals surface area contributed by atoms with Crippen LogP contribution in [-0.2, 0) is 21.7 Å². The Balaban J connectivity index is 1.33. The van der Waals surface area contributed by atoms with Gasteiger partial charge < -0.3 is 18.7 Å². The van der Waals surface area contributed by atoms with Crippen molar-refractivity contribution in [1.82, 2.24) is 15.0 Å². The Morgan fingerprint density at radius 1 is 1.09 bits per heavy atom. The quantitative estimate of drug-likeness (QED) is 0.189. The van der Waals surface area contributed by atoms with Crippen molar-refractivity contribution in [3.63, 3.8) is 0 Å². The number of fused-ring (bicyclic) bond motifs is 2. The van der Waals surface area contributed by atoms with E-state index in [4.69, 9.17) is 9.47 Å². The predicted molar refractivity (Wildman–Crippen MR) is 165 cm³/mol. The average molecular weight is 601 g/mol. The van der Waals surface area contributed by atoms with Gasteiger partial charge >= 0.3 is 0 Å². The van der Waals surface area contributed by atoms with Crippen molar-refractivity contribution in [2.75, 3.05) is 18.6 Å². The van der Waals surface area contributed by atoms with Crippen LogP contribution in [0.5, 0.6) is 5.75 Å². The van der Waals surface area contributed by atoms with Crippen molar-refractivity contribution in [2.45, 2.75) is 56.1 Å². The van der Waals surface area contributed by atoms with Crippen molar-refractivity contribution >= 4 is 25.7 Å². The molecule has 8 nitrogen and oxygen atoms in total. The molecule has 43 heavy (non-hydrogen) atoms. The van der Waals surface area contributed by atoms with Gasteiger partial charge in [0.2, 0.25) is 8.41 Å². The summed E-state index contributed by atoms with van der Waals surface area (Å²) in [5.41, 5.74) is 1.98. The fourth-order valence-electron chi connectivity index (χ4n) is 7.08. The van der Waals surface area contributed by atoms with E-state index in [1.54, 1.807) is 29.8 Å². The second-order valence-electron chi connectivity index (χ2n) is 12.0. The number of aromatic nitrogens is 3. The molecule has 1 amide bonds. The summed E-state index contributed by atoms with van der Waals surface area (Å²) in [7, 11) is -1.73. The predicted octanol–water partition coefficient (Wildman–Crippen LogP) is 5.95. The number of carbonyl (C=O) groups excluding carboxylic acids is 1. The van der Waals surface area contributed by atoms with Crippen LogP contribution in [0.1, 0.15) is 36.1 Å². The van der Waals surface area contributed by atoms with Gasteiger partial charge in [-0.3, -0.25) is 14.4 Å². The Morgan fingerprint density at radius 3 is 2.44 bits per heavy atom. The largest absolute Gasteiger partial charge is 0.497 e. The summed E-state index contributed by atoms with van der Waals surface area (Å²) < 4.78 is 30.4. The summed E-state index contributed by atoms with van der Waals surface area (Å²) in [6.07, 6.45) is 1.76. The molecule has 0 aliphatic carbocycles. The summed E-state index contributed by atoms with van der Waals surface area (Å²) >= 11 is 0. The second kappa shape index (κ2) is 11.3. The number of halogens is 1. The number of nitrogens with zero attached hydrogens (tertiary/aromatic N) is 4. The zero-order valence-corrected chi connectivity index (χ0v) is 25.9. The monoisotopic (exact) mass is 600 g/mol. The van der Waals surface area contributed by atoms with Gasteiger partial charge in [-0.1, -0.05) is 60.7 Å². The van der Waals surface area contributed by atoms with E-state index in [0.29, 0.717) is 30.0 Å². The van der Waals surface area contributed by atoms with E-state index in [2.05, 4.69) is 10.3 Å². The molecule has 2 aliphatic rings. The molecule has 1 saturated heterocycles. The van der Waals surface area contributed by atoms with Gasteiger partial charge in [0.15, 0.2) is 5.60 Å². The minimum Gasteiger partial charge on any atom is -0.497 e. The molecule has 4 aromatic rings. The van der Waals surface area contributed by atoms with Gasteiger partial charge in [0.1, 0.15) is 5.75 Å². The molecule has 0 radical (unpaired) electrons. The zero-order chi connectivity index (χ0) is 30.4. The number of ether oxygens (including phenoxy) is 2. The molecule has 1 unspecified atom stereocenters. The maximum absolute atomic E-state index is 16.2. The lowest BCUT2D eigenvalue weighted by molar-refractivity contribution is -0.145. The van der Waals surface area contributed by atoms with Gasteiger partial charge in [0.05, 0.1) is 37.1 Å². The Morgan fingerprint density at radius 2 is 1.79 bits per heavy atom. The third-order valence-corrected chi connectivity index (χ3v) is 11.5. The molecule has 224 valence electrons. The first kappa shape index (κ1) is 29.2. The van der Waals surface area contributed by atoms with E-state index in [1.807, 2.05) is 92.0 Å². The highest BCUT2D eigenvalue weighted by molar-refractivity contribution is 6.72. The zero-order valence-electron chi connectivity index (χ0n) is 24.9. The SMILES string of the molecule is COc1ccc2c(c1)[C@]1(O[C@@H](CCn3cc(C(CO)c4ccccc4)nn3)[C@H]([Si](C)(C)F)[C@H]1C)C(=O)N2c1ccccc1. The van der Waals surface area contributed by atoms with E-state index >= 15 is 4.11 Å². The molecule has 2 aliphatic heterocycles. The molecular weight excluding hydrogens is 563 g/mol. The Bertz CT molecular complexity index is 1600. The normalized spacial score (nSPS) is 24.0. The Kier molecular flexibility index (Phi) is 7.70. The first-order valence-corrected chi connectivity index (χ1v) is 17.6. The number of amides is 1. The van der Waals surface area contributed by atoms with E-state index in [1.165, 1.54) is 0 Å². The smallest absolute Gasteiger partial charge is 0.268 e. The van der Waals surface area contributed by atoms with Crippen LogP contribution in [0.3, 0.4) is 0 Å². The van der Waals surface area contributed by atoms with Crippen LogP contribution in [0.15, 0.2) is 85.1 Å². The number of anilines is 2. The minimum atomic E-state index is -3.32. The van der Waals surface area contributed by atoms with Crippen LogP contribution < -0.4 is 9.64 Å². The Labute approximate surface area is 252 Å². The third kappa shape index (κ3) is 4.97. The van der Waals surface area contributed by atoms with Crippen LogP contribution in [0.4, 0.5) is 15.5 Å². The molecule has 1 fully saturated rings. The van der Waals surface area contributed by atoms with Gasteiger partial charge in [-0.2, -0.15) is 0 Å². The van der Waals surface area contributed by atoms with Gasteiger partial charge in [0, 0.05) is 35.5 Å². The standard InChI is InChI=1S/C33H37FN4O4Si/c1-22-31(43(3,4)34)30(17-18-37-20-28(35-36-37)26(21-39)23-11-7-5-8-12-23)42-33(22)27-19-25(41-2)15-16-29(27)38(32(33)40)24-13-9-6-10-14-24/h5-16,19-20,22,26,30-31,39H,17-18,21H2,1-4H3/t22-,26?,30+,31-,33+/m1/s1. The molecule has 5 atom stereocenters. The summed E-state index contributed by atoms with van der Waals surface area (Å²) in [5, 5.41) is 18.7. The number of hydrogen-bond acceptors (Lipinski definition) is 6. The lowest BCUT2D eigenvalue weighted by Crippen LogP contribution is -2.44. The third-order valence-electron chi connectivity index (χ3n) is 9.03. The highest BCUT2D eigenvalue weighted by Crippen LogP contribution is 2.61. The van der Waals surface area contributed by atoms with E-state index in [-0.39, 0.29) is 18.4 Å². The van der Waals surface area contributed by atoms with Crippen molar-refractivity contribution in [2.24, 2.45) is 5.92 Å². The number of benzene rings is 3. The average Bonchev–Trinajstić information content (AvgIpc) is 3.66. The van der Waals surface area contributed by atoms with E-state index < -0.39 is 31.6 Å². The molecule has 3 aromatic carbocycles. The number of aryl methyl sites for hydroxylation is 1. The van der Waals surface area contributed by atoms with Gasteiger partial charge in [-0.15, -0.1) is 5.10 Å². The van der Waals surface area contributed by atoms with Gasteiger partial charge in [-0.05, 0) is 55.4 Å². The topological polar surface area (TPSA) is 89.7 Å². The molecule has 6 rings (SSSR count). The van der Waals surface area contributed by atoms with Gasteiger partial charge in [-0.25, -0.2) is 0 Å². The van der Waals surface area contributed by atoms with Gasteiger partial charge in [0.25, 0.3) is 5.91 Å². The summed E-state index contributed by atoms with van der Waals surface area (Å²) in [6, 6.07) is 24.8. The van der Waals surface area contributed by atoms with E-state index in [9.17, 15) is 9.90 Å². The first-order valence-electron chi connectivity index (χ1n) is 14.7. The molecular formula is C33H37FN4O4Si. The molecule has 1 aromatic heterocycles. The molecule has 3 heterocycles. The van der Waals surface area contributed by atoms with Crippen LogP contribution in [0.2, 0.25) is 18.6 Å². The Hall–Kier alpha value is -3.86. The fraction of sp³-hybridized carbons (Fsp3) is 0.364. The van der Waals surface area contributed by atoms with E-state index in [0.717, 1.165) is 16.9 Å². The number of hydrogen-bond donors (Lipinski definition) is 1. The summed E-state index contributed by atoms with van der Waals surface area (Å²) in [4.78, 5) is 16.2. The van der Waals surface area contributed by atoms with Crippen molar-refractivity contribution in [3.8, 4) is 5.75 Å². The number of carbonyl (C=O) groups is 1. The van der Waals surface area contributed by atoms with Crippen LogP contribution in [-0.4, -0.2) is 54.2 Å². The fourth-order valence-corrected chi connectivity index (χ4v) is 9.62. The lowest BCUT2D eigenvalue weighted by Gasteiger charge is -2.31. The first-order chi connectivity index (χ1) is 20.7. The number of para-hydroxylation sites is 1. The van der Waals surface area contributed by atoms with Crippen molar-refractivity contribution in [3.05, 3.63) is 102 Å². The highest BCUT2D eigenvalue weighted by Gasteiger charge is 2.67. The maximum atomic E-state index is 16.2. The van der Waals surface area contributed by atoms with Crippen molar-refractivity contribution in [1.29, 1.82) is 0 Å². The molecule has 0 saturated carbocycles. The lowest BCUT2D eigenvalue weighted by atomic mass is 9.82. The van der Waals surface area contributed by atoms with Crippen LogP contribution in [0.25, 0.3) is 0 Å². The summed E-state index contributed by atoms with van der Waals surface area (Å²) in [6.45, 7) is 5.68. The van der Waals surface area contributed by atoms with Crippen LogP contribution >= 0.6 is 0 Å². The minimum absolute atomic E-state index is 0.0961. The molecule has 1 N–H and O–H groups in total. The molecule has 10 heteroatoms. The number of rotatable bonds is 9. The molecule has 0 bridgehead atoms. The number of aliphatic hydroxyl groups is 1. The molecule has 1 spiro atoms. The number of methoxy groups -OCH3 is 1. The summed E-state index contributed by atoms with van der Waals surface area (Å²) in [5.74, 6) is -0.311. The van der Waals surface area contributed by atoms with Crippen LogP contribution in [0, 0.1) is 5.92 Å².